The van der Waals surface area contributed by atoms with E-state index in [1.807, 2.05) is 0 Å². The first-order valence-corrected chi connectivity index (χ1v) is 5.64. The molecule has 1 aromatic carbocycles. The number of carbonyl (C=O) groups excluding carboxylic acids is 2. The van der Waals surface area contributed by atoms with Crippen LogP contribution in [0.15, 0.2) is 30.3 Å². The van der Waals surface area contributed by atoms with Crippen LogP contribution in [0, 0.1) is 10.1 Å². The number of esters is 1. The molecule has 6 nitrogen and oxygen atoms in total. The van der Waals surface area contributed by atoms with Gasteiger partial charge in [0.05, 0.1) is 11.5 Å². The van der Waals surface area contributed by atoms with Crippen molar-refractivity contribution >= 4 is 23.5 Å². The van der Waals surface area contributed by atoms with Gasteiger partial charge in [-0.2, -0.15) is 0 Å². The molecule has 0 aromatic heterocycles. The Labute approximate surface area is 109 Å². The number of ketones is 1. The SMILES string of the molecule is CCOC(=O)CC(=O)C=Cc1ccc([N+](=O)[O-])cc1. The lowest BCUT2D eigenvalue weighted by Gasteiger charge is -1.98. The van der Waals surface area contributed by atoms with E-state index in [0.717, 1.165) is 0 Å². The average molecular weight is 263 g/mol. The first-order chi connectivity index (χ1) is 9.02. The van der Waals surface area contributed by atoms with Gasteiger partial charge in [-0.25, -0.2) is 0 Å². The maximum absolute atomic E-state index is 11.4. The second-order valence-corrected chi connectivity index (χ2v) is 3.63. The normalized spacial score (nSPS) is 10.4. The van der Waals surface area contributed by atoms with Crippen LogP contribution < -0.4 is 0 Å². The molecule has 0 unspecified atom stereocenters. The first kappa shape index (κ1) is 14.6. The van der Waals surface area contributed by atoms with Crippen molar-refractivity contribution in [2.75, 3.05) is 6.61 Å². The number of hydrogen-bond donors (Lipinski definition) is 0. The van der Waals surface area contributed by atoms with E-state index in [0.29, 0.717) is 5.56 Å². The molecule has 0 heterocycles. The highest BCUT2D eigenvalue weighted by Crippen LogP contribution is 2.12. The zero-order valence-corrected chi connectivity index (χ0v) is 10.4. The molecule has 0 spiro atoms. The highest BCUT2D eigenvalue weighted by Gasteiger charge is 2.07. The number of benzene rings is 1. The molecule has 0 atom stereocenters. The highest BCUT2D eigenvalue weighted by atomic mass is 16.6. The van der Waals surface area contributed by atoms with E-state index >= 15 is 0 Å². The van der Waals surface area contributed by atoms with Gasteiger partial charge in [-0.3, -0.25) is 19.7 Å². The van der Waals surface area contributed by atoms with Crippen molar-refractivity contribution in [3.05, 3.63) is 46.0 Å². The lowest BCUT2D eigenvalue weighted by atomic mass is 10.1. The van der Waals surface area contributed by atoms with E-state index in [1.54, 1.807) is 6.92 Å². The van der Waals surface area contributed by atoms with Crippen LogP contribution in [0.2, 0.25) is 0 Å². The summed E-state index contributed by atoms with van der Waals surface area (Å²) in [5, 5.41) is 10.4. The molecule has 0 fully saturated rings. The summed E-state index contributed by atoms with van der Waals surface area (Å²) < 4.78 is 4.64. The predicted molar refractivity (Wildman–Crippen MR) is 68.4 cm³/mol. The number of carbonyl (C=O) groups is 2. The summed E-state index contributed by atoms with van der Waals surface area (Å²) in [7, 11) is 0. The van der Waals surface area contributed by atoms with Crippen LogP contribution in [0.3, 0.4) is 0 Å². The van der Waals surface area contributed by atoms with Gasteiger partial charge in [0.2, 0.25) is 0 Å². The van der Waals surface area contributed by atoms with Gasteiger partial charge in [0.1, 0.15) is 6.42 Å². The van der Waals surface area contributed by atoms with Crippen LogP contribution in [0.1, 0.15) is 18.9 Å². The Hall–Kier alpha value is -2.50. The summed E-state index contributed by atoms with van der Waals surface area (Å²) in [6, 6.07) is 5.73. The third kappa shape index (κ3) is 5.12. The van der Waals surface area contributed by atoms with Crippen LogP contribution >= 0.6 is 0 Å². The smallest absolute Gasteiger partial charge is 0.313 e. The van der Waals surface area contributed by atoms with Gasteiger partial charge >= 0.3 is 5.97 Å². The standard InChI is InChI=1S/C13H13NO5/c1-2-19-13(16)9-12(15)8-5-10-3-6-11(7-4-10)14(17)18/h3-8H,2,9H2,1H3. The number of hydrogen-bond acceptors (Lipinski definition) is 5. The van der Waals surface area contributed by atoms with Crippen molar-refractivity contribution in [2.45, 2.75) is 13.3 Å². The van der Waals surface area contributed by atoms with Gasteiger partial charge in [0, 0.05) is 12.1 Å². The second kappa shape index (κ2) is 7.05. The van der Waals surface area contributed by atoms with E-state index in [2.05, 4.69) is 4.74 Å². The number of ether oxygens (including phenoxy) is 1. The van der Waals surface area contributed by atoms with E-state index in [4.69, 9.17) is 0 Å². The van der Waals surface area contributed by atoms with Gasteiger partial charge in [0.15, 0.2) is 5.78 Å². The minimum absolute atomic E-state index is 0.0185. The van der Waals surface area contributed by atoms with Crippen molar-refractivity contribution in [3.8, 4) is 0 Å². The fraction of sp³-hybridized carbons (Fsp3) is 0.231. The average Bonchev–Trinajstić information content (AvgIpc) is 2.37. The van der Waals surface area contributed by atoms with Crippen molar-refractivity contribution < 1.29 is 19.2 Å². The minimum Gasteiger partial charge on any atom is -0.466 e. The molecule has 0 saturated carbocycles. The number of nitro benzene ring substituents is 1. The molecule has 0 amide bonds. The van der Waals surface area contributed by atoms with Gasteiger partial charge in [-0.1, -0.05) is 6.08 Å². The summed E-state index contributed by atoms with van der Waals surface area (Å²) in [5.74, 6) is -0.947. The Bertz CT molecular complexity index is 504. The zero-order chi connectivity index (χ0) is 14.3. The van der Waals surface area contributed by atoms with E-state index < -0.39 is 10.9 Å². The van der Waals surface area contributed by atoms with Crippen molar-refractivity contribution in [1.29, 1.82) is 0 Å². The number of nitro groups is 1. The predicted octanol–water partition coefficient (Wildman–Crippen LogP) is 2.13. The third-order valence-corrected chi connectivity index (χ3v) is 2.19. The Morgan fingerprint density at radius 3 is 2.47 bits per heavy atom. The van der Waals surface area contributed by atoms with Crippen LogP contribution in [0.5, 0.6) is 0 Å². The van der Waals surface area contributed by atoms with E-state index in [9.17, 15) is 19.7 Å². The molecule has 1 rings (SSSR count). The Kier molecular flexibility index (Phi) is 5.40. The Balaban J connectivity index is 2.58. The van der Waals surface area contributed by atoms with Crippen LogP contribution in [-0.2, 0) is 14.3 Å². The Morgan fingerprint density at radius 2 is 1.95 bits per heavy atom. The lowest BCUT2D eigenvalue weighted by molar-refractivity contribution is -0.384. The molecule has 1 aromatic rings. The number of nitrogens with zero attached hydrogens (tertiary/aromatic N) is 1. The topological polar surface area (TPSA) is 86.5 Å². The van der Waals surface area contributed by atoms with Crippen LogP contribution in [-0.4, -0.2) is 23.3 Å². The number of non-ortho nitro benzene ring substituents is 1. The van der Waals surface area contributed by atoms with Gasteiger partial charge in [0.25, 0.3) is 5.69 Å². The number of rotatable bonds is 6. The van der Waals surface area contributed by atoms with Crippen LogP contribution in [0.25, 0.3) is 6.08 Å². The summed E-state index contributed by atoms with van der Waals surface area (Å²) in [6.07, 6.45) is 2.43. The zero-order valence-electron chi connectivity index (χ0n) is 10.4. The fourth-order valence-corrected chi connectivity index (χ4v) is 1.31. The maximum atomic E-state index is 11.4. The summed E-state index contributed by atoms with van der Waals surface area (Å²) in [5.41, 5.74) is 0.623. The summed E-state index contributed by atoms with van der Waals surface area (Å²) in [4.78, 5) is 32.4. The lowest BCUT2D eigenvalue weighted by Crippen LogP contribution is -2.08. The molecule has 0 aliphatic carbocycles. The molecule has 19 heavy (non-hydrogen) atoms. The molecule has 0 N–H and O–H groups in total. The molecule has 6 heteroatoms. The van der Waals surface area contributed by atoms with Crippen molar-refractivity contribution in [1.82, 2.24) is 0 Å². The van der Waals surface area contributed by atoms with E-state index in [1.165, 1.54) is 36.4 Å². The van der Waals surface area contributed by atoms with Gasteiger partial charge in [-0.15, -0.1) is 0 Å². The quantitative estimate of drug-likeness (QED) is 0.258. The van der Waals surface area contributed by atoms with Crippen molar-refractivity contribution in [3.63, 3.8) is 0 Å². The highest BCUT2D eigenvalue weighted by molar-refractivity contribution is 6.03. The Morgan fingerprint density at radius 1 is 1.32 bits per heavy atom. The summed E-state index contributed by atoms with van der Waals surface area (Å²) in [6.45, 7) is 1.90. The fourth-order valence-electron chi connectivity index (χ4n) is 1.31. The minimum atomic E-state index is -0.569. The monoisotopic (exact) mass is 263 g/mol. The third-order valence-electron chi connectivity index (χ3n) is 2.19. The largest absolute Gasteiger partial charge is 0.466 e. The molecule has 0 aliphatic heterocycles. The molecular weight excluding hydrogens is 250 g/mol. The number of allylic oxidation sites excluding steroid dienone is 1. The molecule has 0 radical (unpaired) electrons. The second-order valence-electron chi connectivity index (χ2n) is 3.63. The maximum Gasteiger partial charge on any atom is 0.313 e. The van der Waals surface area contributed by atoms with Crippen molar-refractivity contribution in [2.24, 2.45) is 0 Å². The van der Waals surface area contributed by atoms with Crippen LogP contribution in [0.4, 0.5) is 5.69 Å². The summed E-state index contributed by atoms with van der Waals surface area (Å²) >= 11 is 0. The molecule has 0 saturated heterocycles. The molecular formula is C13H13NO5. The van der Waals surface area contributed by atoms with E-state index in [-0.39, 0.29) is 24.5 Å². The molecule has 100 valence electrons. The van der Waals surface area contributed by atoms with Gasteiger partial charge in [-0.05, 0) is 30.7 Å². The first-order valence-electron chi connectivity index (χ1n) is 5.64. The molecule has 0 aliphatic rings. The molecule has 0 bridgehead atoms. The van der Waals surface area contributed by atoms with Gasteiger partial charge < -0.3 is 4.74 Å².